The summed E-state index contributed by atoms with van der Waals surface area (Å²) in [5.74, 6) is -0.353. The maximum absolute atomic E-state index is 14.5. The number of hydrogen-bond acceptors (Lipinski definition) is 5. The number of rotatable bonds is 4. The van der Waals surface area contributed by atoms with Crippen LogP contribution in [-0.2, 0) is 11.3 Å². The fraction of sp³-hybridized carbons (Fsp3) is 0.300. The van der Waals surface area contributed by atoms with E-state index in [1.807, 2.05) is 29.2 Å². The Morgan fingerprint density at radius 2 is 2.07 bits per heavy atom. The molecule has 0 bridgehead atoms. The first-order chi connectivity index (χ1) is 13.6. The third-order valence-corrected chi connectivity index (χ3v) is 5.63. The van der Waals surface area contributed by atoms with Gasteiger partial charge in [-0.25, -0.2) is 14.2 Å². The molecule has 1 aliphatic rings. The average Bonchev–Trinajstić information content (AvgIpc) is 3.11. The predicted molar refractivity (Wildman–Crippen MR) is 110 cm³/mol. The van der Waals surface area contributed by atoms with Gasteiger partial charge >= 0.3 is 6.03 Å². The van der Waals surface area contributed by atoms with Gasteiger partial charge in [-0.3, -0.25) is 0 Å². The third kappa shape index (κ3) is 4.07. The summed E-state index contributed by atoms with van der Waals surface area (Å²) in [7, 11) is 1.69. The number of morpholine rings is 1. The molecule has 8 heteroatoms. The molecule has 0 unspecified atom stereocenters. The van der Waals surface area contributed by atoms with Crippen molar-refractivity contribution in [2.24, 2.45) is 0 Å². The Kier molecular flexibility index (Phi) is 5.40. The SMILES string of the molecule is CN(Cc1nc2ccccc2s1)C(=O)Nc1ccc(N2CCOCC2)c(F)c1. The Balaban J connectivity index is 1.40. The van der Waals surface area contributed by atoms with E-state index in [4.69, 9.17) is 4.74 Å². The first-order valence-corrected chi connectivity index (χ1v) is 9.90. The van der Waals surface area contributed by atoms with Crippen LogP contribution in [0.1, 0.15) is 5.01 Å². The summed E-state index contributed by atoms with van der Waals surface area (Å²) >= 11 is 1.56. The highest BCUT2D eigenvalue weighted by atomic mass is 32.1. The first kappa shape index (κ1) is 18.6. The Labute approximate surface area is 166 Å². The molecule has 1 aliphatic heterocycles. The number of nitrogens with one attached hydrogen (secondary N) is 1. The van der Waals surface area contributed by atoms with Gasteiger partial charge in [0.15, 0.2) is 0 Å². The fourth-order valence-corrected chi connectivity index (χ4v) is 4.15. The molecule has 0 spiro atoms. The summed E-state index contributed by atoms with van der Waals surface area (Å²) in [6.07, 6.45) is 0. The number of amides is 2. The second kappa shape index (κ2) is 8.12. The van der Waals surface area contributed by atoms with Gasteiger partial charge in [0.25, 0.3) is 0 Å². The van der Waals surface area contributed by atoms with E-state index in [9.17, 15) is 9.18 Å². The van der Waals surface area contributed by atoms with Crippen LogP contribution in [0.2, 0.25) is 0 Å². The lowest BCUT2D eigenvalue weighted by Gasteiger charge is -2.29. The molecule has 4 rings (SSSR count). The van der Waals surface area contributed by atoms with Crippen molar-refractivity contribution in [3.8, 4) is 0 Å². The molecule has 146 valence electrons. The minimum absolute atomic E-state index is 0.308. The average molecular weight is 400 g/mol. The van der Waals surface area contributed by atoms with Crippen molar-refractivity contribution in [1.82, 2.24) is 9.88 Å². The lowest BCUT2D eigenvalue weighted by atomic mass is 10.2. The molecular formula is C20H21FN4O2S. The number of para-hydroxylation sites is 1. The molecular weight excluding hydrogens is 379 g/mol. The van der Waals surface area contributed by atoms with Crippen molar-refractivity contribution in [2.45, 2.75) is 6.54 Å². The number of ether oxygens (including phenoxy) is 1. The molecule has 0 aliphatic carbocycles. The third-order valence-electron chi connectivity index (χ3n) is 4.61. The van der Waals surface area contributed by atoms with E-state index < -0.39 is 0 Å². The standard InChI is InChI=1S/C20H21FN4O2S/c1-24(13-19-23-16-4-2-3-5-18(16)28-19)20(26)22-14-6-7-17(15(21)12-14)25-8-10-27-11-9-25/h2-7,12H,8-11,13H2,1H3,(H,22,26). The normalized spacial score (nSPS) is 14.3. The van der Waals surface area contributed by atoms with E-state index in [2.05, 4.69) is 10.3 Å². The maximum Gasteiger partial charge on any atom is 0.321 e. The number of hydrogen-bond donors (Lipinski definition) is 1. The molecule has 2 heterocycles. The predicted octanol–water partition coefficient (Wildman–Crippen LogP) is 3.94. The number of benzene rings is 2. The molecule has 28 heavy (non-hydrogen) atoms. The zero-order valence-corrected chi connectivity index (χ0v) is 16.3. The van der Waals surface area contributed by atoms with Gasteiger partial charge in [0.2, 0.25) is 0 Å². The van der Waals surface area contributed by atoms with Gasteiger partial charge < -0.3 is 19.9 Å². The number of urea groups is 1. The van der Waals surface area contributed by atoms with Crippen LogP contribution in [-0.4, -0.2) is 49.3 Å². The van der Waals surface area contributed by atoms with Crippen LogP contribution < -0.4 is 10.2 Å². The van der Waals surface area contributed by atoms with Gasteiger partial charge in [-0.1, -0.05) is 12.1 Å². The molecule has 1 N–H and O–H groups in total. The largest absolute Gasteiger partial charge is 0.378 e. The maximum atomic E-state index is 14.5. The van der Waals surface area contributed by atoms with Crippen LogP contribution >= 0.6 is 11.3 Å². The van der Waals surface area contributed by atoms with Crippen molar-refractivity contribution >= 4 is 39.0 Å². The van der Waals surface area contributed by atoms with E-state index in [0.29, 0.717) is 44.2 Å². The Hall–Kier alpha value is -2.71. The molecule has 2 aromatic carbocycles. The number of carbonyl (C=O) groups excluding carboxylic acids is 1. The fourth-order valence-electron chi connectivity index (χ4n) is 3.13. The van der Waals surface area contributed by atoms with Gasteiger partial charge in [0.05, 0.1) is 35.7 Å². The van der Waals surface area contributed by atoms with E-state index in [-0.39, 0.29) is 11.8 Å². The highest BCUT2D eigenvalue weighted by molar-refractivity contribution is 7.18. The molecule has 3 aromatic rings. The van der Waals surface area contributed by atoms with Crippen molar-refractivity contribution < 1.29 is 13.9 Å². The molecule has 6 nitrogen and oxygen atoms in total. The molecule has 1 aromatic heterocycles. The van der Waals surface area contributed by atoms with E-state index in [1.54, 1.807) is 30.5 Å². The zero-order valence-electron chi connectivity index (χ0n) is 15.5. The summed E-state index contributed by atoms with van der Waals surface area (Å²) in [6.45, 7) is 2.89. The summed E-state index contributed by atoms with van der Waals surface area (Å²) in [5.41, 5.74) is 1.89. The molecule has 0 atom stereocenters. The Bertz CT molecular complexity index is 954. The number of anilines is 2. The summed E-state index contributed by atoms with van der Waals surface area (Å²) < 4.78 is 20.9. The van der Waals surface area contributed by atoms with Crippen molar-refractivity contribution in [3.05, 3.63) is 53.3 Å². The lowest BCUT2D eigenvalue weighted by Crippen LogP contribution is -2.36. The van der Waals surface area contributed by atoms with Crippen LogP contribution in [0.4, 0.5) is 20.6 Å². The highest BCUT2D eigenvalue weighted by Crippen LogP contribution is 2.25. The van der Waals surface area contributed by atoms with Gasteiger partial charge in [-0.05, 0) is 30.3 Å². The zero-order chi connectivity index (χ0) is 19.5. The van der Waals surface area contributed by atoms with Gasteiger partial charge in [-0.15, -0.1) is 11.3 Å². The van der Waals surface area contributed by atoms with Crippen LogP contribution in [0.25, 0.3) is 10.2 Å². The minimum atomic E-state index is -0.353. The lowest BCUT2D eigenvalue weighted by molar-refractivity contribution is 0.122. The molecule has 0 saturated carbocycles. The summed E-state index contributed by atoms with van der Waals surface area (Å²) in [6, 6.07) is 12.3. The van der Waals surface area contributed by atoms with Crippen molar-refractivity contribution in [2.75, 3.05) is 43.6 Å². The summed E-state index contributed by atoms with van der Waals surface area (Å²) in [4.78, 5) is 20.5. The Morgan fingerprint density at radius 3 is 2.82 bits per heavy atom. The topological polar surface area (TPSA) is 57.7 Å². The number of fused-ring (bicyclic) bond motifs is 1. The quantitative estimate of drug-likeness (QED) is 0.721. The van der Waals surface area contributed by atoms with Crippen LogP contribution in [0, 0.1) is 5.82 Å². The minimum Gasteiger partial charge on any atom is -0.378 e. The van der Waals surface area contributed by atoms with Crippen molar-refractivity contribution in [3.63, 3.8) is 0 Å². The number of aromatic nitrogens is 1. The van der Waals surface area contributed by atoms with Crippen molar-refractivity contribution in [1.29, 1.82) is 0 Å². The second-order valence-corrected chi connectivity index (χ2v) is 7.74. The molecule has 1 fully saturated rings. The van der Waals surface area contributed by atoms with Crippen LogP contribution in [0.3, 0.4) is 0 Å². The van der Waals surface area contributed by atoms with Gasteiger partial charge in [-0.2, -0.15) is 0 Å². The van der Waals surface area contributed by atoms with Crippen LogP contribution in [0.15, 0.2) is 42.5 Å². The number of nitrogens with zero attached hydrogens (tertiary/aromatic N) is 3. The van der Waals surface area contributed by atoms with Gasteiger partial charge in [0, 0.05) is 25.8 Å². The second-order valence-electron chi connectivity index (χ2n) is 6.63. The van der Waals surface area contributed by atoms with E-state index in [1.165, 1.54) is 11.0 Å². The number of carbonyl (C=O) groups is 1. The number of thiazole rings is 1. The Morgan fingerprint density at radius 1 is 1.29 bits per heavy atom. The summed E-state index contributed by atoms with van der Waals surface area (Å²) in [5, 5.41) is 3.60. The smallest absolute Gasteiger partial charge is 0.321 e. The van der Waals surface area contributed by atoms with Crippen LogP contribution in [0.5, 0.6) is 0 Å². The monoisotopic (exact) mass is 400 g/mol. The first-order valence-electron chi connectivity index (χ1n) is 9.09. The van der Waals surface area contributed by atoms with E-state index in [0.717, 1.165) is 15.2 Å². The van der Waals surface area contributed by atoms with E-state index >= 15 is 0 Å². The molecule has 2 amide bonds. The van der Waals surface area contributed by atoms with Gasteiger partial charge in [0.1, 0.15) is 10.8 Å². The molecule has 0 radical (unpaired) electrons. The highest BCUT2D eigenvalue weighted by Gasteiger charge is 2.17. The number of halogens is 1. The molecule has 1 saturated heterocycles.